The second-order valence-corrected chi connectivity index (χ2v) is 5.06. The zero-order chi connectivity index (χ0) is 13.3. The Hall–Kier alpha value is -1.31. The third-order valence-electron chi connectivity index (χ3n) is 3.10. The lowest BCUT2D eigenvalue weighted by atomic mass is 9.69. The predicted molar refractivity (Wildman–Crippen MR) is 66.9 cm³/mol. The van der Waals surface area contributed by atoms with Crippen molar-refractivity contribution in [3.63, 3.8) is 0 Å². The largest absolute Gasteiger partial charge is 0.322 e. The summed E-state index contributed by atoms with van der Waals surface area (Å²) >= 11 is 11.6. The molecule has 1 fully saturated rings. The highest BCUT2D eigenvalue weighted by atomic mass is 35.5. The maximum absolute atomic E-state index is 13.0. The fourth-order valence-corrected chi connectivity index (χ4v) is 2.37. The third-order valence-corrected chi connectivity index (χ3v) is 3.70. The summed E-state index contributed by atoms with van der Waals surface area (Å²) in [4.78, 5) is 12.0. The summed E-state index contributed by atoms with van der Waals surface area (Å²) in [5.74, 6) is -1.02. The molecule has 0 heterocycles. The van der Waals surface area contributed by atoms with E-state index in [2.05, 4.69) is 5.32 Å². The van der Waals surface area contributed by atoms with Crippen LogP contribution in [0.1, 0.15) is 19.3 Å². The average Bonchev–Trinajstić information content (AvgIpc) is 2.22. The number of rotatable bonds is 2. The number of nitriles is 1. The highest BCUT2D eigenvalue weighted by molar-refractivity contribution is 6.39. The minimum absolute atomic E-state index is 0.0146. The molecule has 0 atom stereocenters. The molecule has 1 aromatic rings. The van der Waals surface area contributed by atoms with Crippen LogP contribution in [0.2, 0.25) is 10.0 Å². The molecule has 1 saturated carbocycles. The molecule has 1 amide bonds. The number of benzene rings is 1. The molecule has 0 saturated heterocycles. The number of carbonyl (C=O) groups excluding carboxylic acids is 1. The van der Waals surface area contributed by atoms with Crippen molar-refractivity contribution in [2.24, 2.45) is 5.41 Å². The second-order valence-electron chi connectivity index (χ2n) is 4.25. The number of hydrogen-bond donors (Lipinski definition) is 1. The van der Waals surface area contributed by atoms with E-state index in [0.717, 1.165) is 18.6 Å². The molecule has 1 aliphatic carbocycles. The van der Waals surface area contributed by atoms with Crippen molar-refractivity contribution in [1.29, 1.82) is 5.26 Å². The van der Waals surface area contributed by atoms with Crippen molar-refractivity contribution in [3.05, 3.63) is 28.0 Å². The lowest BCUT2D eigenvalue weighted by Gasteiger charge is -2.33. The molecule has 94 valence electrons. The molecule has 1 N–H and O–H groups in total. The Morgan fingerprint density at radius 1 is 1.39 bits per heavy atom. The van der Waals surface area contributed by atoms with Crippen molar-refractivity contribution in [3.8, 4) is 6.07 Å². The molecule has 0 aromatic heterocycles. The van der Waals surface area contributed by atoms with E-state index in [-0.39, 0.29) is 15.7 Å². The number of amides is 1. The minimum Gasteiger partial charge on any atom is -0.322 e. The summed E-state index contributed by atoms with van der Waals surface area (Å²) in [6, 6.07) is 4.13. The van der Waals surface area contributed by atoms with Crippen molar-refractivity contribution in [2.45, 2.75) is 19.3 Å². The van der Waals surface area contributed by atoms with Crippen LogP contribution in [-0.2, 0) is 4.79 Å². The van der Waals surface area contributed by atoms with Crippen LogP contribution in [0.25, 0.3) is 0 Å². The van der Waals surface area contributed by atoms with Gasteiger partial charge in [-0.2, -0.15) is 5.26 Å². The lowest BCUT2D eigenvalue weighted by Crippen LogP contribution is -2.40. The molecule has 0 bridgehead atoms. The third kappa shape index (κ3) is 2.16. The highest BCUT2D eigenvalue weighted by Crippen LogP contribution is 2.42. The quantitative estimate of drug-likeness (QED) is 0.900. The Balaban J connectivity index is 2.25. The fraction of sp³-hybridized carbons (Fsp3) is 0.333. The monoisotopic (exact) mass is 286 g/mol. The predicted octanol–water partition coefficient (Wildman–Crippen LogP) is 3.76. The van der Waals surface area contributed by atoms with Gasteiger partial charge in [-0.1, -0.05) is 23.2 Å². The van der Waals surface area contributed by atoms with Gasteiger partial charge < -0.3 is 5.32 Å². The number of anilines is 1. The van der Waals surface area contributed by atoms with Gasteiger partial charge in [-0.15, -0.1) is 0 Å². The van der Waals surface area contributed by atoms with Gasteiger partial charge in [0.15, 0.2) is 0 Å². The normalized spacial score (nSPS) is 16.6. The molecule has 2 rings (SSSR count). The molecule has 1 aromatic carbocycles. The van der Waals surface area contributed by atoms with E-state index in [4.69, 9.17) is 28.5 Å². The second kappa shape index (κ2) is 4.75. The maximum Gasteiger partial charge on any atom is 0.244 e. The summed E-state index contributed by atoms with van der Waals surface area (Å²) in [5.41, 5.74) is -0.854. The van der Waals surface area contributed by atoms with Crippen LogP contribution in [0.3, 0.4) is 0 Å². The van der Waals surface area contributed by atoms with Crippen molar-refractivity contribution >= 4 is 34.8 Å². The molecule has 3 nitrogen and oxygen atoms in total. The number of halogens is 3. The SMILES string of the molecule is N#CC1(C(=O)Nc2c(Cl)cc(F)cc2Cl)CCC1. The maximum atomic E-state index is 13.0. The first-order chi connectivity index (χ1) is 8.48. The summed E-state index contributed by atoms with van der Waals surface area (Å²) in [6.07, 6.45) is 1.88. The minimum atomic E-state index is -0.999. The van der Waals surface area contributed by atoms with Gasteiger partial charge in [0.05, 0.1) is 21.8 Å². The van der Waals surface area contributed by atoms with E-state index in [1.165, 1.54) is 0 Å². The molecule has 0 spiro atoms. The Labute approximate surface area is 113 Å². The number of hydrogen-bond acceptors (Lipinski definition) is 2. The number of carbonyl (C=O) groups is 1. The van der Waals surface area contributed by atoms with Gasteiger partial charge in [0.1, 0.15) is 11.2 Å². The van der Waals surface area contributed by atoms with Gasteiger partial charge in [-0.05, 0) is 31.4 Å². The zero-order valence-electron chi connectivity index (χ0n) is 9.27. The van der Waals surface area contributed by atoms with E-state index in [0.29, 0.717) is 12.8 Å². The van der Waals surface area contributed by atoms with Gasteiger partial charge in [-0.3, -0.25) is 4.79 Å². The van der Waals surface area contributed by atoms with Crippen LogP contribution in [0.15, 0.2) is 12.1 Å². The van der Waals surface area contributed by atoms with E-state index in [9.17, 15) is 9.18 Å². The van der Waals surface area contributed by atoms with Crippen LogP contribution in [-0.4, -0.2) is 5.91 Å². The van der Waals surface area contributed by atoms with Gasteiger partial charge in [0.2, 0.25) is 5.91 Å². The summed E-state index contributed by atoms with van der Waals surface area (Å²) in [5, 5.41) is 11.6. The van der Waals surface area contributed by atoms with Crippen molar-refractivity contribution < 1.29 is 9.18 Å². The van der Waals surface area contributed by atoms with E-state index in [1.807, 2.05) is 6.07 Å². The Bertz CT molecular complexity index is 526. The first kappa shape index (κ1) is 13.1. The topological polar surface area (TPSA) is 52.9 Å². The fourth-order valence-electron chi connectivity index (χ4n) is 1.81. The van der Waals surface area contributed by atoms with Gasteiger partial charge in [-0.25, -0.2) is 4.39 Å². The zero-order valence-corrected chi connectivity index (χ0v) is 10.8. The lowest BCUT2D eigenvalue weighted by molar-refractivity contribution is -0.126. The number of nitrogens with zero attached hydrogens (tertiary/aromatic N) is 1. The molecule has 0 aliphatic heterocycles. The van der Waals surface area contributed by atoms with Crippen LogP contribution >= 0.6 is 23.2 Å². The van der Waals surface area contributed by atoms with E-state index >= 15 is 0 Å². The molecular weight excluding hydrogens is 278 g/mol. The summed E-state index contributed by atoms with van der Waals surface area (Å²) in [6.45, 7) is 0. The average molecular weight is 287 g/mol. The summed E-state index contributed by atoms with van der Waals surface area (Å²) < 4.78 is 13.0. The highest BCUT2D eigenvalue weighted by Gasteiger charge is 2.44. The van der Waals surface area contributed by atoms with Crippen molar-refractivity contribution in [1.82, 2.24) is 0 Å². The van der Waals surface area contributed by atoms with Crippen LogP contribution < -0.4 is 5.32 Å². The van der Waals surface area contributed by atoms with Crippen LogP contribution in [0.4, 0.5) is 10.1 Å². The Kier molecular flexibility index (Phi) is 3.47. The molecular formula is C12H9Cl2FN2O. The van der Waals surface area contributed by atoms with E-state index < -0.39 is 17.1 Å². The number of nitrogens with one attached hydrogen (secondary N) is 1. The summed E-state index contributed by atoms with van der Waals surface area (Å²) in [7, 11) is 0. The van der Waals surface area contributed by atoms with Gasteiger partial charge in [0.25, 0.3) is 0 Å². The molecule has 0 unspecified atom stereocenters. The van der Waals surface area contributed by atoms with Crippen LogP contribution in [0.5, 0.6) is 0 Å². The first-order valence-corrected chi connectivity index (χ1v) is 6.11. The molecule has 6 heteroatoms. The van der Waals surface area contributed by atoms with Crippen molar-refractivity contribution in [2.75, 3.05) is 5.32 Å². The standard InChI is InChI=1S/C12H9Cl2FN2O/c13-8-4-7(15)5-9(14)10(8)17-11(18)12(6-16)2-1-3-12/h4-5H,1-3H2,(H,17,18). The van der Waals surface area contributed by atoms with Gasteiger partial charge >= 0.3 is 0 Å². The molecule has 18 heavy (non-hydrogen) atoms. The Morgan fingerprint density at radius 2 is 1.94 bits per heavy atom. The van der Waals surface area contributed by atoms with E-state index in [1.54, 1.807) is 0 Å². The Morgan fingerprint density at radius 3 is 2.33 bits per heavy atom. The molecule has 1 aliphatic rings. The van der Waals surface area contributed by atoms with Gasteiger partial charge in [0, 0.05) is 0 Å². The first-order valence-electron chi connectivity index (χ1n) is 5.36. The smallest absolute Gasteiger partial charge is 0.244 e. The van der Waals surface area contributed by atoms with Crippen LogP contribution in [0, 0.1) is 22.6 Å². The molecule has 0 radical (unpaired) electrons.